The number of carbonyl (C=O) groups is 1. The molecule has 214 valence electrons. The predicted molar refractivity (Wildman–Crippen MR) is 137 cm³/mol. The van der Waals surface area contributed by atoms with Crippen molar-refractivity contribution in [3.63, 3.8) is 0 Å². The number of ether oxygens (including phenoxy) is 1. The number of nitrogens with zero attached hydrogens (tertiary/aromatic N) is 5. The number of nitrogens with one attached hydrogen (secondary N) is 1. The molecule has 1 atom stereocenters. The van der Waals surface area contributed by atoms with Gasteiger partial charge in [0.15, 0.2) is 17.4 Å². The van der Waals surface area contributed by atoms with Crippen LogP contribution in [0.2, 0.25) is 0 Å². The van der Waals surface area contributed by atoms with E-state index < -0.39 is 35.4 Å². The number of aromatic nitrogens is 4. The number of hydrogen-bond donors (Lipinski definition) is 1. The summed E-state index contributed by atoms with van der Waals surface area (Å²) >= 11 is 0. The largest absolute Gasteiger partial charge is 0.491 e. The summed E-state index contributed by atoms with van der Waals surface area (Å²) in [6.07, 6.45) is -6.56. The van der Waals surface area contributed by atoms with Crippen molar-refractivity contribution < 1.29 is 27.1 Å². The number of rotatable bonds is 7. The Hall–Kier alpha value is -3.94. The number of anilines is 1. The third kappa shape index (κ3) is 4.91. The molecule has 40 heavy (non-hydrogen) atoms. The standard InChI is InChI=1S/C26H28F4N6O4/c1-14(2)10-19(40-23(38)26(28,29)30)36-22(37)20-21(33(3)25(36)39)32-24(34-9-8-16-11-31-12-18(16)34)35(20)13-15-4-6-17(27)7-5-15/h4-7,14,19,31H,8-13H2,1-3H3. The van der Waals surface area contributed by atoms with E-state index in [2.05, 4.69) is 10.3 Å². The first-order chi connectivity index (χ1) is 18.9. The van der Waals surface area contributed by atoms with Gasteiger partial charge in [-0.1, -0.05) is 26.0 Å². The van der Waals surface area contributed by atoms with Crippen molar-refractivity contribution in [2.45, 2.75) is 45.6 Å². The second-order valence-electron chi connectivity index (χ2n) is 10.4. The zero-order chi connectivity index (χ0) is 28.9. The maximum atomic E-state index is 14.0. The van der Waals surface area contributed by atoms with Crippen LogP contribution in [0.1, 0.15) is 38.5 Å². The molecule has 0 fully saturated rings. The fourth-order valence-corrected chi connectivity index (χ4v) is 5.19. The number of alkyl halides is 3. The van der Waals surface area contributed by atoms with Crippen molar-refractivity contribution >= 4 is 23.1 Å². The third-order valence-corrected chi connectivity index (χ3v) is 7.09. The van der Waals surface area contributed by atoms with Gasteiger partial charge >= 0.3 is 17.8 Å². The van der Waals surface area contributed by atoms with Crippen molar-refractivity contribution in [1.29, 1.82) is 0 Å². The average molecular weight is 565 g/mol. The highest BCUT2D eigenvalue weighted by atomic mass is 19.4. The number of aryl methyl sites for hydroxylation is 1. The Kier molecular flexibility index (Phi) is 7.06. The minimum Gasteiger partial charge on any atom is -0.434 e. The van der Waals surface area contributed by atoms with Gasteiger partial charge in [0.05, 0.1) is 6.54 Å². The van der Waals surface area contributed by atoms with Gasteiger partial charge in [0.1, 0.15) is 5.82 Å². The predicted octanol–water partition coefficient (Wildman–Crippen LogP) is 2.80. The fourth-order valence-electron chi connectivity index (χ4n) is 5.19. The summed E-state index contributed by atoms with van der Waals surface area (Å²) in [7, 11) is 1.35. The van der Waals surface area contributed by atoms with Crippen molar-refractivity contribution in [3.05, 3.63) is 67.8 Å². The highest BCUT2D eigenvalue weighted by molar-refractivity contribution is 5.77. The summed E-state index contributed by atoms with van der Waals surface area (Å²) in [6, 6.07) is 5.64. The van der Waals surface area contributed by atoms with Gasteiger partial charge in [-0.3, -0.25) is 13.9 Å². The molecule has 2 aromatic heterocycles. The van der Waals surface area contributed by atoms with E-state index in [4.69, 9.17) is 4.74 Å². The van der Waals surface area contributed by atoms with Crippen molar-refractivity contribution in [2.75, 3.05) is 24.5 Å². The van der Waals surface area contributed by atoms with E-state index in [0.29, 0.717) is 29.2 Å². The van der Waals surface area contributed by atoms with Crippen LogP contribution in [0, 0.1) is 11.7 Å². The molecule has 1 N–H and O–H groups in total. The normalized spacial score (nSPS) is 16.4. The number of benzene rings is 1. The molecule has 1 aromatic carbocycles. The molecule has 10 nitrogen and oxygen atoms in total. The van der Waals surface area contributed by atoms with Gasteiger partial charge in [-0.05, 0) is 35.6 Å². The summed E-state index contributed by atoms with van der Waals surface area (Å²) in [5.74, 6) is -2.91. The Labute approximate surface area is 225 Å². The lowest BCUT2D eigenvalue weighted by molar-refractivity contribution is -0.210. The van der Waals surface area contributed by atoms with Crippen LogP contribution in [0.3, 0.4) is 0 Å². The number of esters is 1. The molecule has 1 unspecified atom stereocenters. The van der Waals surface area contributed by atoms with E-state index in [0.717, 1.165) is 23.2 Å². The van der Waals surface area contributed by atoms with E-state index in [1.54, 1.807) is 30.5 Å². The molecule has 2 aliphatic heterocycles. The molecule has 0 saturated carbocycles. The van der Waals surface area contributed by atoms with E-state index >= 15 is 0 Å². The molecule has 4 heterocycles. The number of fused-ring (bicyclic) bond motifs is 1. The van der Waals surface area contributed by atoms with Crippen LogP contribution in [-0.4, -0.2) is 50.5 Å². The maximum Gasteiger partial charge on any atom is 0.491 e. The van der Waals surface area contributed by atoms with Crippen LogP contribution >= 0.6 is 0 Å². The molecule has 0 aliphatic carbocycles. The fraction of sp³-hybridized carbons (Fsp3) is 0.462. The lowest BCUT2D eigenvalue weighted by atomic mass is 10.1. The van der Waals surface area contributed by atoms with Crippen LogP contribution in [0.5, 0.6) is 0 Å². The Balaban J connectivity index is 1.74. The lowest BCUT2D eigenvalue weighted by Gasteiger charge is -2.23. The molecule has 0 bridgehead atoms. The molecule has 5 rings (SSSR count). The maximum absolute atomic E-state index is 14.0. The minimum atomic E-state index is -5.32. The van der Waals surface area contributed by atoms with Crippen molar-refractivity contribution in [3.8, 4) is 0 Å². The highest BCUT2D eigenvalue weighted by Crippen LogP contribution is 2.33. The van der Waals surface area contributed by atoms with Crippen molar-refractivity contribution in [1.82, 2.24) is 24.0 Å². The van der Waals surface area contributed by atoms with E-state index in [-0.39, 0.29) is 30.0 Å². The average Bonchev–Trinajstić information content (AvgIpc) is 3.58. The first-order valence-electron chi connectivity index (χ1n) is 12.8. The Bertz CT molecular complexity index is 1620. The van der Waals surface area contributed by atoms with Crippen LogP contribution in [0.25, 0.3) is 11.2 Å². The number of carbonyl (C=O) groups excluding carboxylic acids is 1. The van der Waals surface area contributed by atoms with Crippen LogP contribution < -0.4 is 21.5 Å². The van der Waals surface area contributed by atoms with E-state index in [1.807, 2.05) is 4.90 Å². The Morgan fingerprint density at radius 1 is 1.15 bits per heavy atom. The quantitative estimate of drug-likeness (QED) is 0.348. The van der Waals surface area contributed by atoms with E-state index in [1.165, 1.54) is 24.8 Å². The van der Waals surface area contributed by atoms with Gasteiger partial charge in [0, 0.05) is 38.8 Å². The minimum absolute atomic E-state index is 0.0220. The molecule has 0 amide bonds. The van der Waals surface area contributed by atoms with Crippen LogP contribution in [0.15, 0.2) is 45.1 Å². The zero-order valence-electron chi connectivity index (χ0n) is 22.1. The monoisotopic (exact) mass is 564 g/mol. The zero-order valence-corrected chi connectivity index (χ0v) is 22.1. The lowest BCUT2D eigenvalue weighted by Crippen LogP contribution is -2.44. The van der Waals surface area contributed by atoms with Gasteiger partial charge in [0.2, 0.25) is 5.95 Å². The summed E-state index contributed by atoms with van der Waals surface area (Å²) in [5, 5.41) is 3.28. The number of hydrogen-bond acceptors (Lipinski definition) is 7. The van der Waals surface area contributed by atoms with E-state index in [9.17, 15) is 31.9 Å². The second-order valence-corrected chi connectivity index (χ2v) is 10.4. The van der Waals surface area contributed by atoms with Gasteiger partial charge < -0.3 is 15.0 Å². The molecular weight excluding hydrogens is 536 g/mol. The van der Waals surface area contributed by atoms with Crippen LogP contribution in [-0.2, 0) is 23.1 Å². The number of imidazole rings is 1. The smallest absolute Gasteiger partial charge is 0.434 e. The SMILES string of the molecule is CC(C)CC(OC(=O)C(F)(F)F)n1c(=O)c2c(nc(N3CCC4=C3CNC4)n2Cc2ccc(F)cc2)n(C)c1=O. The Morgan fingerprint density at radius 2 is 1.85 bits per heavy atom. The third-order valence-electron chi connectivity index (χ3n) is 7.09. The summed E-state index contributed by atoms with van der Waals surface area (Å²) in [4.78, 5) is 45.8. The number of halogens is 4. The molecular formula is C26H28F4N6O4. The van der Waals surface area contributed by atoms with Crippen LogP contribution in [0.4, 0.5) is 23.5 Å². The summed E-state index contributed by atoms with van der Waals surface area (Å²) < 4.78 is 60.9. The first-order valence-corrected chi connectivity index (χ1v) is 12.8. The topological polar surface area (TPSA) is 103 Å². The Morgan fingerprint density at radius 3 is 2.50 bits per heavy atom. The highest BCUT2D eigenvalue weighted by Gasteiger charge is 2.43. The van der Waals surface area contributed by atoms with Gasteiger partial charge in [-0.2, -0.15) is 18.2 Å². The first kappa shape index (κ1) is 27.6. The summed E-state index contributed by atoms with van der Waals surface area (Å²) in [6.45, 7) is 5.27. The second kappa shape index (κ2) is 10.2. The molecule has 3 aromatic rings. The summed E-state index contributed by atoms with van der Waals surface area (Å²) in [5.41, 5.74) is 0.868. The van der Waals surface area contributed by atoms with Gasteiger partial charge in [-0.15, -0.1) is 0 Å². The molecule has 14 heteroatoms. The molecule has 0 radical (unpaired) electrons. The molecule has 2 aliphatic rings. The van der Waals surface area contributed by atoms with Gasteiger partial charge in [0.25, 0.3) is 5.56 Å². The van der Waals surface area contributed by atoms with Gasteiger partial charge in [-0.25, -0.2) is 18.5 Å². The molecule has 0 saturated heterocycles. The van der Waals surface area contributed by atoms with Crippen molar-refractivity contribution in [2.24, 2.45) is 13.0 Å². The molecule has 0 spiro atoms.